The average molecular weight is 410 g/mol. The zero-order valence-electron chi connectivity index (χ0n) is 17.4. The molecule has 4 rings (SSSR count). The van der Waals surface area contributed by atoms with Gasteiger partial charge in [0.25, 0.3) is 11.5 Å². The molecule has 0 saturated heterocycles. The van der Waals surface area contributed by atoms with Crippen molar-refractivity contribution in [1.82, 2.24) is 14.8 Å². The van der Waals surface area contributed by atoms with Crippen LogP contribution in [0.15, 0.2) is 83.8 Å². The highest BCUT2D eigenvalue weighted by molar-refractivity contribution is 6.10. The number of aromatic nitrogens is 3. The van der Waals surface area contributed by atoms with Gasteiger partial charge in [-0.25, -0.2) is 9.67 Å². The molecule has 0 atom stereocenters. The zero-order chi connectivity index (χ0) is 21.8. The number of benzene rings is 2. The molecule has 0 aliphatic rings. The summed E-state index contributed by atoms with van der Waals surface area (Å²) in [6.07, 6.45) is 1.67. The number of anilines is 1. The summed E-state index contributed by atoms with van der Waals surface area (Å²) in [6.45, 7) is 4.09. The Hall–Kier alpha value is -4.06. The second-order valence-electron chi connectivity index (χ2n) is 7.13. The van der Waals surface area contributed by atoms with Gasteiger partial charge in [-0.2, -0.15) is 5.10 Å². The number of pyridine rings is 1. The molecule has 31 heavy (non-hydrogen) atoms. The molecule has 154 valence electrons. The topological polar surface area (TPSA) is 76.9 Å². The molecule has 0 fully saturated rings. The molecule has 6 nitrogen and oxygen atoms in total. The maximum Gasteiger partial charge on any atom is 0.280 e. The monoisotopic (exact) mass is 410 g/mol. The van der Waals surface area contributed by atoms with E-state index in [1.807, 2.05) is 80.6 Å². The SMILES string of the molecule is CCn1nc(-c2ccccc2)c(-c2ccccc2)c(C(=O)Nc2ccc(C)cn2)c1=O. The Morgan fingerprint density at radius 2 is 1.58 bits per heavy atom. The Kier molecular flexibility index (Phi) is 5.71. The van der Waals surface area contributed by atoms with Crippen molar-refractivity contribution in [3.05, 3.63) is 100 Å². The summed E-state index contributed by atoms with van der Waals surface area (Å²) in [6, 6.07) is 22.5. The van der Waals surface area contributed by atoms with Crippen LogP contribution < -0.4 is 10.9 Å². The predicted molar refractivity (Wildman–Crippen MR) is 122 cm³/mol. The van der Waals surface area contributed by atoms with E-state index in [1.165, 1.54) is 4.68 Å². The van der Waals surface area contributed by atoms with Crippen molar-refractivity contribution < 1.29 is 4.79 Å². The third-order valence-corrected chi connectivity index (χ3v) is 4.95. The predicted octanol–water partition coefficient (Wildman–Crippen LogP) is 4.55. The highest BCUT2D eigenvalue weighted by Gasteiger charge is 2.25. The van der Waals surface area contributed by atoms with Gasteiger partial charge in [0, 0.05) is 23.9 Å². The number of nitrogens with one attached hydrogen (secondary N) is 1. The number of amides is 1. The molecule has 0 unspecified atom stereocenters. The Morgan fingerprint density at radius 3 is 2.16 bits per heavy atom. The third-order valence-electron chi connectivity index (χ3n) is 4.95. The van der Waals surface area contributed by atoms with Gasteiger partial charge in [0.1, 0.15) is 11.4 Å². The Bertz CT molecular complexity index is 1260. The molecule has 0 aliphatic heterocycles. The molecule has 2 aromatic carbocycles. The van der Waals surface area contributed by atoms with E-state index in [2.05, 4.69) is 15.4 Å². The molecule has 6 heteroatoms. The van der Waals surface area contributed by atoms with Crippen molar-refractivity contribution in [3.63, 3.8) is 0 Å². The number of nitrogens with zero attached hydrogens (tertiary/aromatic N) is 3. The number of carbonyl (C=O) groups excluding carboxylic acids is 1. The summed E-state index contributed by atoms with van der Waals surface area (Å²) >= 11 is 0. The van der Waals surface area contributed by atoms with Crippen LogP contribution in [0.25, 0.3) is 22.4 Å². The van der Waals surface area contributed by atoms with Gasteiger partial charge in [0.05, 0.1) is 5.69 Å². The van der Waals surface area contributed by atoms with Crippen LogP contribution in [-0.4, -0.2) is 20.7 Å². The fourth-order valence-electron chi connectivity index (χ4n) is 3.40. The molecule has 2 aromatic heterocycles. The van der Waals surface area contributed by atoms with E-state index in [4.69, 9.17) is 0 Å². The summed E-state index contributed by atoms with van der Waals surface area (Å²) in [7, 11) is 0. The van der Waals surface area contributed by atoms with Gasteiger partial charge < -0.3 is 5.32 Å². The summed E-state index contributed by atoms with van der Waals surface area (Å²) in [5, 5.41) is 7.38. The van der Waals surface area contributed by atoms with Gasteiger partial charge >= 0.3 is 0 Å². The van der Waals surface area contributed by atoms with Crippen molar-refractivity contribution in [3.8, 4) is 22.4 Å². The lowest BCUT2D eigenvalue weighted by atomic mass is 9.95. The highest BCUT2D eigenvalue weighted by Crippen LogP contribution is 2.32. The Morgan fingerprint density at radius 1 is 0.935 bits per heavy atom. The summed E-state index contributed by atoms with van der Waals surface area (Å²) in [5.74, 6) is -0.128. The first-order valence-electron chi connectivity index (χ1n) is 10.1. The van der Waals surface area contributed by atoms with E-state index in [9.17, 15) is 9.59 Å². The average Bonchev–Trinajstić information content (AvgIpc) is 2.81. The van der Waals surface area contributed by atoms with E-state index < -0.39 is 11.5 Å². The van der Waals surface area contributed by atoms with E-state index in [0.717, 1.165) is 16.7 Å². The first-order chi connectivity index (χ1) is 15.1. The lowest BCUT2D eigenvalue weighted by molar-refractivity contribution is 0.102. The van der Waals surface area contributed by atoms with Crippen LogP contribution in [0.4, 0.5) is 5.82 Å². The van der Waals surface area contributed by atoms with Crippen molar-refractivity contribution in [2.24, 2.45) is 0 Å². The quantitative estimate of drug-likeness (QED) is 0.524. The van der Waals surface area contributed by atoms with E-state index in [-0.39, 0.29) is 5.56 Å². The third kappa shape index (κ3) is 4.14. The van der Waals surface area contributed by atoms with Gasteiger partial charge in [-0.15, -0.1) is 0 Å². The summed E-state index contributed by atoms with van der Waals surface area (Å²) in [4.78, 5) is 30.9. The summed E-state index contributed by atoms with van der Waals surface area (Å²) in [5.41, 5.74) is 3.24. The van der Waals surface area contributed by atoms with E-state index >= 15 is 0 Å². The fraction of sp³-hybridized carbons (Fsp3) is 0.120. The van der Waals surface area contributed by atoms with Crippen LogP contribution in [0.1, 0.15) is 22.8 Å². The largest absolute Gasteiger partial charge is 0.306 e. The van der Waals surface area contributed by atoms with Crippen molar-refractivity contribution >= 4 is 11.7 Å². The fourth-order valence-corrected chi connectivity index (χ4v) is 3.40. The molecule has 0 aliphatic carbocycles. The van der Waals surface area contributed by atoms with Crippen molar-refractivity contribution in [2.45, 2.75) is 20.4 Å². The van der Waals surface area contributed by atoms with Crippen LogP contribution in [0, 0.1) is 6.92 Å². The first-order valence-corrected chi connectivity index (χ1v) is 10.1. The zero-order valence-corrected chi connectivity index (χ0v) is 17.4. The lowest BCUT2D eigenvalue weighted by Crippen LogP contribution is -2.32. The molecule has 0 spiro atoms. The Labute approximate surface area is 180 Å². The van der Waals surface area contributed by atoms with Gasteiger partial charge in [-0.05, 0) is 31.0 Å². The van der Waals surface area contributed by atoms with Crippen LogP contribution in [0.2, 0.25) is 0 Å². The number of carbonyl (C=O) groups is 1. The maximum atomic E-state index is 13.4. The smallest absolute Gasteiger partial charge is 0.280 e. The number of hydrogen-bond acceptors (Lipinski definition) is 4. The molecule has 0 radical (unpaired) electrons. The van der Waals surface area contributed by atoms with Gasteiger partial charge in [0.15, 0.2) is 0 Å². The van der Waals surface area contributed by atoms with Gasteiger partial charge in [-0.3, -0.25) is 9.59 Å². The van der Waals surface area contributed by atoms with Gasteiger partial charge in [0.2, 0.25) is 0 Å². The normalized spacial score (nSPS) is 10.6. The molecule has 1 N–H and O–H groups in total. The molecule has 0 saturated carbocycles. The van der Waals surface area contributed by atoms with Crippen molar-refractivity contribution in [1.29, 1.82) is 0 Å². The molecule has 4 aromatic rings. The number of rotatable bonds is 5. The second kappa shape index (κ2) is 8.75. The van der Waals surface area contributed by atoms with E-state index in [1.54, 1.807) is 12.3 Å². The summed E-state index contributed by atoms with van der Waals surface area (Å²) < 4.78 is 1.33. The van der Waals surface area contributed by atoms with E-state index in [0.29, 0.717) is 23.6 Å². The molecule has 2 heterocycles. The molecular formula is C25H22N4O2. The van der Waals surface area contributed by atoms with Crippen LogP contribution in [0.3, 0.4) is 0 Å². The Balaban J connectivity index is 1.97. The van der Waals surface area contributed by atoms with Crippen molar-refractivity contribution in [2.75, 3.05) is 5.32 Å². The van der Waals surface area contributed by atoms with Gasteiger partial charge in [-0.1, -0.05) is 66.7 Å². The standard InChI is InChI=1S/C25H22N4O2/c1-3-29-25(31)22(24(30)27-20-15-14-17(2)16-26-20)21(18-10-6-4-7-11-18)23(28-29)19-12-8-5-9-13-19/h4-16H,3H2,1-2H3,(H,26,27,30). The second-order valence-corrected chi connectivity index (χ2v) is 7.13. The first kappa shape index (κ1) is 20.2. The minimum Gasteiger partial charge on any atom is -0.306 e. The minimum absolute atomic E-state index is 0.0456. The van der Waals surface area contributed by atoms with Crippen LogP contribution in [0.5, 0.6) is 0 Å². The lowest BCUT2D eigenvalue weighted by Gasteiger charge is -2.16. The minimum atomic E-state index is -0.512. The van der Waals surface area contributed by atoms with Crippen LogP contribution >= 0.6 is 0 Å². The molecule has 0 bridgehead atoms. The van der Waals surface area contributed by atoms with Crippen LogP contribution in [-0.2, 0) is 6.54 Å². The number of aryl methyl sites for hydroxylation is 2. The maximum absolute atomic E-state index is 13.4. The highest BCUT2D eigenvalue weighted by atomic mass is 16.2. The number of hydrogen-bond donors (Lipinski definition) is 1. The molecular weight excluding hydrogens is 388 g/mol. The molecule has 1 amide bonds.